The van der Waals surface area contributed by atoms with E-state index in [0.29, 0.717) is 18.7 Å². The Bertz CT molecular complexity index is 217. The molecule has 0 radical (unpaired) electrons. The van der Waals surface area contributed by atoms with Crippen molar-refractivity contribution in [1.29, 1.82) is 0 Å². The lowest BCUT2D eigenvalue weighted by Crippen LogP contribution is -2.44. The van der Waals surface area contributed by atoms with E-state index in [1.165, 1.54) is 0 Å². The van der Waals surface area contributed by atoms with Gasteiger partial charge in [0.2, 0.25) is 0 Å². The Morgan fingerprint density at radius 1 is 1.33 bits per heavy atom. The molecule has 0 bridgehead atoms. The summed E-state index contributed by atoms with van der Waals surface area (Å²) in [4.78, 5) is 2.32. The molecule has 1 rings (SSSR count). The highest BCUT2D eigenvalue weighted by Crippen LogP contribution is 2.09. The molecule has 0 amide bonds. The van der Waals surface area contributed by atoms with Crippen LogP contribution in [0.15, 0.2) is 0 Å². The predicted octanol–water partition coefficient (Wildman–Crippen LogP) is 2.12. The van der Waals surface area contributed by atoms with Crippen LogP contribution >= 0.6 is 0 Å². The standard InChI is InChI=1S/C13H26F2N2O/c1-3-12-5-7-17(6-4-11(2)16-12)8-9-18-10-13(14)15/h11-13,16H,3-10H2,1-2H3. The summed E-state index contributed by atoms with van der Waals surface area (Å²) in [5, 5.41) is 3.61. The number of hydrogen-bond acceptors (Lipinski definition) is 3. The highest BCUT2D eigenvalue weighted by molar-refractivity contribution is 4.76. The van der Waals surface area contributed by atoms with E-state index in [1.807, 2.05) is 0 Å². The van der Waals surface area contributed by atoms with Crippen LogP contribution in [0.1, 0.15) is 33.1 Å². The molecule has 1 saturated heterocycles. The lowest BCUT2D eigenvalue weighted by Gasteiger charge is -2.31. The number of rotatable bonds is 6. The van der Waals surface area contributed by atoms with Crippen molar-refractivity contribution in [2.24, 2.45) is 0 Å². The zero-order valence-electron chi connectivity index (χ0n) is 11.5. The Kier molecular flexibility index (Phi) is 7.70. The summed E-state index contributed by atoms with van der Waals surface area (Å²) in [5.41, 5.74) is 0. The number of halogens is 2. The van der Waals surface area contributed by atoms with Gasteiger partial charge in [-0.15, -0.1) is 0 Å². The van der Waals surface area contributed by atoms with Gasteiger partial charge in [-0.2, -0.15) is 0 Å². The van der Waals surface area contributed by atoms with Gasteiger partial charge in [0, 0.05) is 18.6 Å². The van der Waals surface area contributed by atoms with Gasteiger partial charge in [-0.25, -0.2) is 8.78 Å². The van der Waals surface area contributed by atoms with Gasteiger partial charge in [-0.05, 0) is 39.3 Å². The van der Waals surface area contributed by atoms with E-state index in [9.17, 15) is 8.78 Å². The Morgan fingerprint density at radius 3 is 2.72 bits per heavy atom. The highest BCUT2D eigenvalue weighted by atomic mass is 19.3. The van der Waals surface area contributed by atoms with E-state index in [4.69, 9.17) is 4.74 Å². The summed E-state index contributed by atoms with van der Waals surface area (Å²) < 4.78 is 28.8. The van der Waals surface area contributed by atoms with Crippen molar-refractivity contribution in [3.63, 3.8) is 0 Å². The second-order valence-electron chi connectivity index (χ2n) is 5.06. The van der Waals surface area contributed by atoms with Crippen LogP contribution in [-0.2, 0) is 4.74 Å². The quantitative estimate of drug-likeness (QED) is 0.744. The number of alkyl halides is 2. The van der Waals surface area contributed by atoms with E-state index >= 15 is 0 Å². The van der Waals surface area contributed by atoms with E-state index in [-0.39, 0.29) is 0 Å². The highest BCUT2D eigenvalue weighted by Gasteiger charge is 2.17. The van der Waals surface area contributed by atoms with Crippen molar-refractivity contribution in [2.75, 3.05) is 32.8 Å². The predicted molar refractivity (Wildman–Crippen MR) is 69.2 cm³/mol. The zero-order valence-corrected chi connectivity index (χ0v) is 11.5. The van der Waals surface area contributed by atoms with Crippen molar-refractivity contribution >= 4 is 0 Å². The molecule has 2 atom stereocenters. The van der Waals surface area contributed by atoms with Crippen LogP contribution < -0.4 is 5.32 Å². The molecule has 0 aromatic heterocycles. The Labute approximate surface area is 109 Å². The van der Waals surface area contributed by atoms with Gasteiger partial charge >= 0.3 is 0 Å². The minimum Gasteiger partial charge on any atom is -0.374 e. The monoisotopic (exact) mass is 264 g/mol. The van der Waals surface area contributed by atoms with Gasteiger partial charge in [0.15, 0.2) is 0 Å². The first-order valence-electron chi connectivity index (χ1n) is 6.96. The van der Waals surface area contributed by atoms with E-state index in [0.717, 1.165) is 38.9 Å². The van der Waals surface area contributed by atoms with Crippen LogP contribution in [0.3, 0.4) is 0 Å². The van der Waals surface area contributed by atoms with Gasteiger partial charge in [-0.1, -0.05) is 6.92 Å². The molecule has 1 aliphatic heterocycles. The molecule has 2 unspecified atom stereocenters. The van der Waals surface area contributed by atoms with Crippen LogP contribution in [0.25, 0.3) is 0 Å². The summed E-state index contributed by atoms with van der Waals surface area (Å²) in [6.45, 7) is 7.17. The molecule has 0 aliphatic carbocycles. The molecule has 108 valence electrons. The van der Waals surface area contributed by atoms with Crippen LogP contribution in [0.4, 0.5) is 8.78 Å². The first kappa shape index (κ1) is 15.8. The van der Waals surface area contributed by atoms with Crippen molar-refractivity contribution in [2.45, 2.75) is 51.6 Å². The van der Waals surface area contributed by atoms with E-state index in [1.54, 1.807) is 0 Å². The molecule has 3 nitrogen and oxygen atoms in total. The second kappa shape index (κ2) is 8.77. The van der Waals surface area contributed by atoms with Gasteiger partial charge < -0.3 is 15.0 Å². The molecule has 1 heterocycles. The average Bonchev–Trinajstić information content (AvgIpc) is 2.32. The minimum atomic E-state index is -2.36. The molecule has 0 spiro atoms. The molecule has 1 aliphatic rings. The van der Waals surface area contributed by atoms with Gasteiger partial charge in [-0.3, -0.25) is 0 Å². The third-order valence-electron chi connectivity index (χ3n) is 3.48. The number of hydrogen-bond donors (Lipinski definition) is 1. The fourth-order valence-electron chi connectivity index (χ4n) is 2.31. The maximum atomic E-state index is 11.9. The molecular formula is C13H26F2N2O. The van der Waals surface area contributed by atoms with Crippen LogP contribution in [0, 0.1) is 0 Å². The summed E-state index contributed by atoms with van der Waals surface area (Å²) in [6, 6.07) is 1.10. The van der Waals surface area contributed by atoms with Crippen molar-refractivity contribution < 1.29 is 13.5 Å². The molecule has 0 aromatic carbocycles. The minimum absolute atomic E-state index is 0.406. The number of nitrogens with one attached hydrogen (secondary N) is 1. The third-order valence-corrected chi connectivity index (χ3v) is 3.48. The molecule has 1 fully saturated rings. The van der Waals surface area contributed by atoms with Gasteiger partial charge in [0.05, 0.1) is 6.61 Å². The van der Waals surface area contributed by atoms with Crippen LogP contribution in [-0.4, -0.2) is 56.3 Å². The molecule has 18 heavy (non-hydrogen) atoms. The summed E-state index contributed by atoms with van der Waals surface area (Å²) in [7, 11) is 0. The fourth-order valence-corrected chi connectivity index (χ4v) is 2.31. The topological polar surface area (TPSA) is 24.5 Å². The summed E-state index contributed by atoms with van der Waals surface area (Å²) in [6.07, 6.45) is 1.01. The lowest BCUT2D eigenvalue weighted by molar-refractivity contribution is 0.00869. The first-order valence-corrected chi connectivity index (χ1v) is 6.96. The van der Waals surface area contributed by atoms with Gasteiger partial charge in [0.1, 0.15) is 6.61 Å². The molecule has 1 N–H and O–H groups in total. The Balaban J connectivity index is 2.23. The van der Waals surface area contributed by atoms with Crippen molar-refractivity contribution in [3.8, 4) is 0 Å². The SMILES string of the molecule is CCC1CCN(CCOCC(F)F)CCC(C)N1. The van der Waals surface area contributed by atoms with Gasteiger partial charge in [0.25, 0.3) is 6.43 Å². The zero-order chi connectivity index (χ0) is 13.4. The van der Waals surface area contributed by atoms with Crippen LogP contribution in [0.2, 0.25) is 0 Å². The lowest BCUT2D eigenvalue weighted by atomic mass is 10.1. The smallest absolute Gasteiger partial charge is 0.261 e. The molecule has 0 saturated carbocycles. The van der Waals surface area contributed by atoms with E-state index in [2.05, 4.69) is 24.1 Å². The largest absolute Gasteiger partial charge is 0.374 e. The number of nitrogens with zero attached hydrogens (tertiary/aromatic N) is 1. The molecule has 5 heteroatoms. The van der Waals surface area contributed by atoms with E-state index < -0.39 is 13.0 Å². The average molecular weight is 264 g/mol. The first-order chi connectivity index (χ1) is 8.61. The van der Waals surface area contributed by atoms with Crippen molar-refractivity contribution in [3.05, 3.63) is 0 Å². The second-order valence-corrected chi connectivity index (χ2v) is 5.06. The maximum Gasteiger partial charge on any atom is 0.261 e. The Hall–Kier alpha value is -0.260. The maximum absolute atomic E-state index is 11.9. The Morgan fingerprint density at radius 2 is 2.06 bits per heavy atom. The molecule has 0 aromatic rings. The molecular weight excluding hydrogens is 238 g/mol. The van der Waals surface area contributed by atoms with Crippen LogP contribution in [0.5, 0.6) is 0 Å². The normalized spacial score (nSPS) is 27.2. The van der Waals surface area contributed by atoms with Crippen molar-refractivity contribution in [1.82, 2.24) is 10.2 Å². The third kappa shape index (κ3) is 6.61. The number of ether oxygens (including phenoxy) is 1. The fraction of sp³-hybridized carbons (Fsp3) is 1.00. The summed E-state index contributed by atoms with van der Waals surface area (Å²) >= 11 is 0. The summed E-state index contributed by atoms with van der Waals surface area (Å²) in [5.74, 6) is 0.